The van der Waals surface area contributed by atoms with Gasteiger partial charge in [-0.25, -0.2) is 4.79 Å². The van der Waals surface area contributed by atoms with E-state index in [0.717, 1.165) is 36.8 Å². The van der Waals surface area contributed by atoms with E-state index >= 15 is 0 Å². The van der Waals surface area contributed by atoms with Crippen molar-refractivity contribution in [1.82, 2.24) is 0 Å². The molecule has 8 heteroatoms. The number of hydrogen-bond donors (Lipinski definition) is 2. The van der Waals surface area contributed by atoms with Crippen LogP contribution in [0.5, 0.6) is 0 Å². The number of hydrogen-bond acceptors (Lipinski definition) is 5. The molecule has 0 aliphatic carbocycles. The second-order valence-electron chi connectivity index (χ2n) is 8.29. The molecule has 3 rings (SSSR count). The van der Waals surface area contributed by atoms with E-state index in [9.17, 15) is 9.59 Å². The molecule has 33 heavy (non-hydrogen) atoms. The van der Waals surface area contributed by atoms with Crippen LogP contribution in [0.2, 0.25) is 10.0 Å². The van der Waals surface area contributed by atoms with Crippen LogP contribution in [-0.4, -0.2) is 24.5 Å². The number of nitrogens with two attached hydrogens (primary N) is 1. The van der Waals surface area contributed by atoms with Gasteiger partial charge in [0.1, 0.15) is 6.04 Å². The van der Waals surface area contributed by atoms with Crippen LogP contribution in [0.1, 0.15) is 63.1 Å². The number of halogens is 2. The summed E-state index contributed by atoms with van der Waals surface area (Å²) in [6, 6.07) is 9.77. The quantitative estimate of drug-likeness (QED) is 0.339. The molecular formula is C25H31Cl2N3O3. The van der Waals surface area contributed by atoms with E-state index in [0.29, 0.717) is 41.0 Å². The van der Waals surface area contributed by atoms with Gasteiger partial charge >= 0.3 is 5.97 Å². The highest BCUT2D eigenvalue weighted by Gasteiger charge is 2.38. The number of benzene rings is 2. The molecule has 0 bridgehead atoms. The van der Waals surface area contributed by atoms with Gasteiger partial charge in [-0.05, 0) is 36.2 Å². The first-order valence-corrected chi connectivity index (χ1v) is 12.1. The number of carbonyl (C=O) groups excluding carboxylic acids is 2. The number of rotatable bonds is 9. The van der Waals surface area contributed by atoms with Gasteiger partial charge in [0.25, 0.3) is 0 Å². The van der Waals surface area contributed by atoms with Crippen molar-refractivity contribution in [1.29, 1.82) is 0 Å². The Morgan fingerprint density at radius 3 is 2.52 bits per heavy atom. The largest absolute Gasteiger partial charge is 0.464 e. The molecular weight excluding hydrogens is 461 g/mol. The maximum Gasteiger partial charge on any atom is 0.328 e. The fraction of sp³-hybridized carbons (Fsp3) is 0.440. The molecule has 2 atom stereocenters. The minimum atomic E-state index is -0.631. The summed E-state index contributed by atoms with van der Waals surface area (Å²) < 4.78 is 5.54. The first kappa shape index (κ1) is 25.3. The Morgan fingerprint density at radius 2 is 1.88 bits per heavy atom. The summed E-state index contributed by atoms with van der Waals surface area (Å²) in [6.07, 6.45) is 4.40. The topological polar surface area (TPSA) is 84.7 Å². The highest BCUT2D eigenvalue weighted by molar-refractivity contribution is 6.35. The molecule has 0 unspecified atom stereocenters. The molecule has 0 spiro atoms. The molecule has 0 saturated carbocycles. The molecule has 2 aromatic carbocycles. The summed E-state index contributed by atoms with van der Waals surface area (Å²) in [5.74, 6) is -0.508. The van der Waals surface area contributed by atoms with Gasteiger partial charge in [0.05, 0.1) is 12.6 Å². The van der Waals surface area contributed by atoms with E-state index in [1.807, 2.05) is 24.3 Å². The van der Waals surface area contributed by atoms with E-state index in [4.69, 9.17) is 33.7 Å². The summed E-state index contributed by atoms with van der Waals surface area (Å²) >= 11 is 12.8. The number of unbranched alkanes of at least 4 members (excludes halogenated alkanes) is 3. The number of carbonyl (C=O) groups is 2. The summed E-state index contributed by atoms with van der Waals surface area (Å²) in [4.78, 5) is 27.4. The summed E-state index contributed by atoms with van der Waals surface area (Å²) in [5.41, 5.74) is 8.74. The number of anilines is 2. The smallest absolute Gasteiger partial charge is 0.328 e. The maximum atomic E-state index is 12.9. The Morgan fingerprint density at radius 1 is 1.15 bits per heavy atom. The molecule has 1 heterocycles. The van der Waals surface area contributed by atoms with Crippen LogP contribution in [-0.2, 0) is 20.9 Å². The lowest BCUT2D eigenvalue weighted by atomic mass is 9.90. The third-order valence-corrected chi connectivity index (χ3v) is 6.38. The van der Waals surface area contributed by atoms with Crippen molar-refractivity contribution < 1.29 is 14.3 Å². The van der Waals surface area contributed by atoms with Gasteiger partial charge in [0, 0.05) is 46.9 Å². The Labute approximate surface area is 205 Å². The molecule has 0 fully saturated rings. The number of nitrogens with zero attached hydrogens (tertiary/aromatic N) is 1. The lowest BCUT2D eigenvalue weighted by Crippen LogP contribution is -2.43. The van der Waals surface area contributed by atoms with E-state index in [1.165, 1.54) is 6.92 Å². The molecule has 6 nitrogen and oxygen atoms in total. The number of ether oxygens (including phenoxy) is 1. The first-order chi connectivity index (χ1) is 15.8. The van der Waals surface area contributed by atoms with Gasteiger partial charge in [-0.1, -0.05) is 61.5 Å². The minimum Gasteiger partial charge on any atom is -0.464 e. The van der Waals surface area contributed by atoms with E-state index in [2.05, 4.69) is 12.2 Å². The van der Waals surface area contributed by atoms with Crippen molar-refractivity contribution in [3.63, 3.8) is 0 Å². The van der Waals surface area contributed by atoms with Gasteiger partial charge < -0.3 is 20.7 Å². The Kier molecular flexibility index (Phi) is 9.01. The van der Waals surface area contributed by atoms with Crippen LogP contribution < -0.4 is 16.0 Å². The first-order valence-electron chi connectivity index (χ1n) is 11.4. The van der Waals surface area contributed by atoms with Crippen LogP contribution in [0.3, 0.4) is 0 Å². The van der Waals surface area contributed by atoms with Gasteiger partial charge in [-0.2, -0.15) is 0 Å². The standard InChI is InChI=1S/C25H31Cl2N3O3/c1-3-4-5-6-11-33-25(32)22-14-23(24-20(27)12-18(26)13-21(24)29-22)30(16(2)31)19-9-7-17(15-28)8-10-19/h7-10,12-13,22-23,29H,3-6,11,14-15,28H2,1-2H3/t22-,23+/m0/s1. The average Bonchev–Trinajstić information content (AvgIpc) is 2.78. The van der Waals surface area contributed by atoms with Crippen LogP contribution in [0, 0.1) is 0 Å². The predicted molar refractivity (Wildman–Crippen MR) is 134 cm³/mol. The highest BCUT2D eigenvalue weighted by atomic mass is 35.5. The van der Waals surface area contributed by atoms with E-state index in [1.54, 1.807) is 17.0 Å². The van der Waals surface area contributed by atoms with Gasteiger partial charge in [0.15, 0.2) is 0 Å². The zero-order valence-electron chi connectivity index (χ0n) is 19.1. The lowest BCUT2D eigenvalue weighted by molar-refractivity contribution is -0.145. The molecule has 1 aliphatic rings. The zero-order chi connectivity index (χ0) is 24.0. The minimum absolute atomic E-state index is 0.161. The Hall–Kier alpha value is -2.28. The van der Waals surface area contributed by atoms with Crippen molar-refractivity contribution in [3.05, 3.63) is 57.6 Å². The van der Waals surface area contributed by atoms with Gasteiger partial charge in [-0.3, -0.25) is 4.79 Å². The van der Waals surface area contributed by atoms with E-state index < -0.39 is 12.1 Å². The number of esters is 1. The second kappa shape index (κ2) is 11.7. The number of fused-ring (bicyclic) bond motifs is 1. The van der Waals surface area contributed by atoms with Crippen molar-refractivity contribution in [2.24, 2.45) is 5.73 Å². The molecule has 1 amide bonds. The third-order valence-electron chi connectivity index (χ3n) is 5.84. The van der Waals surface area contributed by atoms with Crippen molar-refractivity contribution in [3.8, 4) is 0 Å². The lowest BCUT2D eigenvalue weighted by Gasteiger charge is -2.39. The second-order valence-corrected chi connectivity index (χ2v) is 9.13. The monoisotopic (exact) mass is 491 g/mol. The SMILES string of the molecule is CCCCCCOC(=O)[C@@H]1C[C@@H](N(C(C)=O)c2ccc(CN)cc2)c2c(Cl)cc(Cl)cc2N1. The fourth-order valence-electron chi connectivity index (χ4n) is 4.20. The highest BCUT2D eigenvalue weighted by Crippen LogP contribution is 2.44. The molecule has 178 valence electrons. The zero-order valence-corrected chi connectivity index (χ0v) is 20.6. The average molecular weight is 492 g/mol. The third kappa shape index (κ3) is 6.19. The van der Waals surface area contributed by atoms with Crippen molar-refractivity contribution in [2.45, 2.75) is 64.6 Å². The van der Waals surface area contributed by atoms with Crippen LogP contribution >= 0.6 is 23.2 Å². The summed E-state index contributed by atoms with van der Waals surface area (Å²) in [7, 11) is 0. The van der Waals surface area contributed by atoms with Crippen LogP contribution in [0.4, 0.5) is 11.4 Å². The fourth-order valence-corrected chi connectivity index (χ4v) is 4.82. The molecule has 0 radical (unpaired) electrons. The molecule has 2 aromatic rings. The molecule has 0 aromatic heterocycles. The van der Waals surface area contributed by atoms with E-state index in [-0.39, 0.29) is 11.9 Å². The van der Waals surface area contributed by atoms with Crippen molar-refractivity contribution in [2.75, 3.05) is 16.8 Å². The normalized spacial score (nSPS) is 17.1. The number of amides is 1. The van der Waals surface area contributed by atoms with Crippen molar-refractivity contribution >= 4 is 46.5 Å². The van der Waals surface area contributed by atoms with Crippen LogP contribution in [0.15, 0.2) is 36.4 Å². The molecule has 0 saturated heterocycles. The van der Waals surface area contributed by atoms with Gasteiger partial charge in [0.2, 0.25) is 5.91 Å². The maximum absolute atomic E-state index is 12.9. The van der Waals surface area contributed by atoms with Crippen LogP contribution in [0.25, 0.3) is 0 Å². The summed E-state index contributed by atoms with van der Waals surface area (Å²) in [6.45, 7) is 4.43. The molecule has 3 N–H and O–H groups in total. The van der Waals surface area contributed by atoms with Gasteiger partial charge in [-0.15, -0.1) is 0 Å². The Balaban J connectivity index is 1.92. The predicted octanol–water partition coefficient (Wildman–Crippen LogP) is 5.85. The molecule has 1 aliphatic heterocycles. The number of nitrogens with one attached hydrogen (secondary N) is 1. The summed E-state index contributed by atoms with van der Waals surface area (Å²) in [5, 5.41) is 4.11. The Bertz CT molecular complexity index is 982.